The molecule has 4 N–H and O–H groups in total. The van der Waals surface area contributed by atoms with Crippen LogP contribution in [0.15, 0.2) is 0 Å². The fourth-order valence-electron chi connectivity index (χ4n) is 1.39. The first-order valence-corrected chi connectivity index (χ1v) is 9.40. The van der Waals surface area contributed by atoms with Gasteiger partial charge in [-0.1, -0.05) is 52.4 Å². The molecule has 0 saturated carbocycles. The third kappa shape index (κ3) is 26.4. The summed E-state index contributed by atoms with van der Waals surface area (Å²) in [4.78, 5) is 9.85. The average Bonchev–Trinajstić information content (AvgIpc) is 2.38. The lowest BCUT2D eigenvalue weighted by Crippen LogP contribution is -2.43. The number of unbranched alkanes of at least 4 members (excludes halogenated alkanes) is 6. The maximum atomic E-state index is 9.85. The number of amidine groups is 1. The van der Waals surface area contributed by atoms with Crippen LogP contribution in [0.2, 0.25) is 0 Å². The Morgan fingerprint density at radius 1 is 1.15 bits per heavy atom. The van der Waals surface area contributed by atoms with E-state index in [1.165, 1.54) is 25.7 Å². The molecule has 0 heterocycles. The molecule has 0 saturated heterocycles. The van der Waals surface area contributed by atoms with E-state index in [1.807, 2.05) is 0 Å². The zero-order valence-corrected chi connectivity index (χ0v) is 14.5. The van der Waals surface area contributed by atoms with Crippen molar-refractivity contribution in [3.05, 3.63) is 0 Å². The van der Waals surface area contributed by atoms with Crippen LogP contribution in [0.4, 0.5) is 0 Å². The molecule has 120 valence electrons. The summed E-state index contributed by atoms with van der Waals surface area (Å²) in [5, 5.41) is 5.76. The van der Waals surface area contributed by atoms with Crippen LogP contribution in [-0.4, -0.2) is 17.5 Å². The van der Waals surface area contributed by atoms with Gasteiger partial charge in [0, 0.05) is 5.75 Å². The molecule has 0 radical (unpaired) electrons. The Morgan fingerprint density at radius 3 is 2.15 bits per heavy atom. The summed E-state index contributed by atoms with van der Waals surface area (Å²) in [5.74, 6) is 1.07. The van der Waals surface area contributed by atoms with Crippen LogP contribution >= 0.6 is 20.0 Å². The fraction of sp³-hybridized carbons (Fsp3) is 0.923. The van der Waals surface area contributed by atoms with Gasteiger partial charge in [0.25, 0.3) is 5.17 Å². The van der Waals surface area contributed by atoms with Gasteiger partial charge in [0.1, 0.15) is 6.61 Å². The first kappa shape index (κ1) is 22.1. The van der Waals surface area contributed by atoms with Crippen LogP contribution in [0.5, 0.6) is 0 Å². The van der Waals surface area contributed by atoms with Crippen LogP contribution in [-0.2, 0) is 9.09 Å². The minimum absolute atomic E-state index is 0.346. The molecule has 5 nitrogen and oxygen atoms in total. The van der Waals surface area contributed by atoms with Gasteiger partial charge >= 0.3 is 8.25 Å². The van der Waals surface area contributed by atoms with Crippen molar-refractivity contribution in [3.63, 3.8) is 0 Å². The topological polar surface area (TPSA) is 101 Å². The highest BCUT2D eigenvalue weighted by molar-refractivity contribution is 8.13. The van der Waals surface area contributed by atoms with E-state index in [2.05, 4.69) is 18.4 Å². The summed E-state index contributed by atoms with van der Waals surface area (Å²) >= 11 is 1.55. The number of rotatable bonds is 11. The predicted molar refractivity (Wildman–Crippen MR) is 85.4 cm³/mol. The molecule has 20 heavy (non-hydrogen) atoms. The molecule has 0 spiro atoms. The van der Waals surface area contributed by atoms with Gasteiger partial charge in [0.15, 0.2) is 0 Å². The number of nitrogens with two attached hydrogens (primary N) is 2. The third-order valence-electron chi connectivity index (χ3n) is 2.46. The monoisotopic (exact) mass is 325 g/mol. The van der Waals surface area contributed by atoms with Gasteiger partial charge in [-0.05, 0) is 29.2 Å². The van der Waals surface area contributed by atoms with Crippen LogP contribution in [0.1, 0.15) is 65.2 Å². The van der Waals surface area contributed by atoms with E-state index in [1.54, 1.807) is 11.8 Å². The Labute approximate surface area is 128 Å². The summed E-state index contributed by atoms with van der Waals surface area (Å²) in [6.07, 6.45) is 9.35. The van der Waals surface area contributed by atoms with Crippen LogP contribution in [0.3, 0.4) is 0 Å². The Bertz CT molecular complexity index is 220. The summed E-state index contributed by atoms with van der Waals surface area (Å²) in [6, 6.07) is 0. The molecule has 0 aromatic heterocycles. The van der Waals surface area contributed by atoms with Crippen molar-refractivity contribution in [1.82, 2.24) is 0 Å². The van der Waals surface area contributed by atoms with E-state index in [-0.39, 0.29) is 0 Å². The van der Waals surface area contributed by atoms with Crippen molar-refractivity contribution in [2.45, 2.75) is 65.2 Å². The standard InChI is InChI=1S/C7H16N2S.C6H13O3P/c1-2-3-4-5-6-10-7(8)9;1-2-3-4-5-6-9-10(7)8/h2-6H2,1H3,(H3,8,9);2-6H2,1H3/p+1. The van der Waals surface area contributed by atoms with Crippen LogP contribution in [0, 0.1) is 0 Å². The molecule has 0 fully saturated rings. The molecular weight excluding hydrogens is 295 g/mol. The SMILES string of the molecule is CCCCCCO[P+](=O)[O-].CCCCCCSC(N)=[NH2+]. The number of hydrogen-bond donors (Lipinski definition) is 2. The van der Waals surface area contributed by atoms with E-state index < -0.39 is 8.25 Å². The zero-order chi connectivity index (χ0) is 15.6. The molecule has 0 aromatic rings. The normalized spacial score (nSPS) is 10.7. The van der Waals surface area contributed by atoms with Crippen molar-refractivity contribution >= 4 is 25.2 Å². The first-order valence-electron chi connectivity index (χ1n) is 7.32. The molecule has 0 rings (SSSR count). The molecule has 0 amide bonds. The van der Waals surface area contributed by atoms with Crippen molar-refractivity contribution in [2.75, 3.05) is 12.4 Å². The Balaban J connectivity index is 0. The van der Waals surface area contributed by atoms with Crippen molar-refractivity contribution in [2.24, 2.45) is 5.73 Å². The van der Waals surface area contributed by atoms with Gasteiger partial charge in [-0.3, -0.25) is 11.1 Å². The lowest BCUT2D eigenvalue weighted by Gasteiger charge is -1.94. The van der Waals surface area contributed by atoms with Gasteiger partial charge in [-0.15, -0.1) is 4.52 Å². The average molecular weight is 325 g/mol. The molecular formula is C13H30N2O3PS+. The van der Waals surface area contributed by atoms with Crippen LogP contribution in [0.25, 0.3) is 0 Å². The highest BCUT2D eigenvalue weighted by Crippen LogP contribution is 2.10. The highest BCUT2D eigenvalue weighted by atomic mass is 32.2. The van der Waals surface area contributed by atoms with Gasteiger partial charge in [-0.25, -0.2) is 0 Å². The molecule has 0 aliphatic carbocycles. The Kier molecular flexibility index (Phi) is 20.8. The molecule has 0 aliphatic heterocycles. The minimum atomic E-state index is -2.62. The smallest absolute Gasteiger partial charge is 0.488 e. The molecule has 0 aromatic carbocycles. The minimum Gasteiger partial charge on any atom is -0.566 e. The van der Waals surface area contributed by atoms with Gasteiger partial charge in [0.2, 0.25) is 0 Å². The highest BCUT2D eigenvalue weighted by Gasteiger charge is 1.98. The quantitative estimate of drug-likeness (QED) is 0.262. The maximum absolute atomic E-state index is 9.85. The maximum Gasteiger partial charge on any atom is 0.488 e. The van der Waals surface area contributed by atoms with Crippen LogP contribution < -0.4 is 16.0 Å². The molecule has 7 heteroatoms. The van der Waals surface area contributed by atoms with E-state index in [0.717, 1.165) is 31.4 Å². The fourth-order valence-corrected chi connectivity index (χ4v) is 2.25. The summed E-state index contributed by atoms with van der Waals surface area (Å²) in [7, 11) is -2.62. The Hall–Kier alpha value is -0.160. The molecule has 0 bridgehead atoms. The van der Waals surface area contributed by atoms with Gasteiger partial charge < -0.3 is 4.89 Å². The van der Waals surface area contributed by atoms with E-state index >= 15 is 0 Å². The second kappa shape index (κ2) is 18.8. The predicted octanol–water partition coefficient (Wildman–Crippen LogP) is 1.97. The van der Waals surface area contributed by atoms with Crippen molar-refractivity contribution in [1.29, 1.82) is 0 Å². The van der Waals surface area contributed by atoms with E-state index in [9.17, 15) is 9.46 Å². The summed E-state index contributed by atoms with van der Waals surface area (Å²) in [6.45, 7) is 4.66. The molecule has 0 aliphatic rings. The second-order valence-corrected chi connectivity index (χ2v) is 6.30. The van der Waals surface area contributed by atoms with Gasteiger partial charge in [-0.2, -0.15) is 0 Å². The lowest BCUT2D eigenvalue weighted by molar-refractivity contribution is -0.185. The second-order valence-electron chi connectivity index (χ2n) is 4.43. The molecule has 1 unspecified atom stereocenters. The van der Waals surface area contributed by atoms with Gasteiger partial charge in [0.05, 0.1) is 0 Å². The lowest BCUT2D eigenvalue weighted by atomic mass is 10.2. The Morgan fingerprint density at radius 2 is 1.70 bits per heavy atom. The number of thioether (sulfide) groups is 1. The zero-order valence-electron chi connectivity index (χ0n) is 12.8. The summed E-state index contributed by atoms with van der Waals surface area (Å²) < 4.78 is 14.2. The first-order chi connectivity index (χ1) is 9.54. The number of hydrogen-bond acceptors (Lipinski definition) is 4. The van der Waals surface area contributed by atoms with E-state index in [4.69, 9.17) is 11.1 Å². The van der Waals surface area contributed by atoms with E-state index in [0.29, 0.717) is 11.8 Å². The molecule has 1 atom stereocenters. The largest absolute Gasteiger partial charge is 0.566 e. The van der Waals surface area contributed by atoms with Crippen molar-refractivity contribution in [3.8, 4) is 0 Å². The van der Waals surface area contributed by atoms with Crippen molar-refractivity contribution < 1.29 is 19.4 Å². The third-order valence-corrected chi connectivity index (χ3v) is 3.68. The summed E-state index contributed by atoms with van der Waals surface area (Å²) in [5.41, 5.74) is 5.26.